The number of hydrogen-bond donors (Lipinski definition) is 0. The van der Waals surface area contributed by atoms with Crippen molar-refractivity contribution in [3.8, 4) is 17.6 Å². The summed E-state index contributed by atoms with van der Waals surface area (Å²) in [7, 11) is 1.42. The third-order valence-electron chi connectivity index (χ3n) is 3.40. The Kier molecular flexibility index (Phi) is 6.98. The number of nitrogens with zero attached hydrogens (tertiary/aromatic N) is 1. The van der Waals surface area contributed by atoms with Gasteiger partial charge in [0.15, 0.2) is 11.5 Å². The molecule has 2 aromatic rings. The Morgan fingerprint density at radius 2 is 1.85 bits per heavy atom. The molecule has 2 rings (SSSR count). The molecule has 0 fully saturated rings. The van der Waals surface area contributed by atoms with Crippen molar-refractivity contribution in [3.63, 3.8) is 0 Å². The van der Waals surface area contributed by atoms with Gasteiger partial charge in [-0.1, -0.05) is 17.7 Å². The largest absolute Gasteiger partial charge is 0.493 e. The van der Waals surface area contributed by atoms with Gasteiger partial charge in [0.1, 0.15) is 11.6 Å². The predicted molar refractivity (Wildman–Crippen MR) is 99.6 cm³/mol. The van der Waals surface area contributed by atoms with Gasteiger partial charge in [-0.3, -0.25) is 0 Å². The van der Waals surface area contributed by atoms with Crippen LogP contribution in [0.4, 0.5) is 0 Å². The van der Waals surface area contributed by atoms with Crippen LogP contribution < -0.4 is 9.47 Å². The summed E-state index contributed by atoms with van der Waals surface area (Å²) in [6.45, 7) is 1.82. The van der Waals surface area contributed by atoms with E-state index in [9.17, 15) is 9.59 Å². The summed E-state index contributed by atoms with van der Waals surface area (Å²) >= 11 is 5.80. The molecule has 0 bridgehead atoms. The van der Waals surface area contributed by atoms with Gasteiger partial charge in [0.2, 0.25) is 0 Å². The number of ether oxygens (including phenoxy) is 3. The van der Waals surface area contributed by atoms with Crippen molar-refractivity contribution >= 4 is 29.6 Å². The standard InChI is InChI=1S/C20H16ClNO5/c1-3-26-19(23)15(12-22)10-13-4-9-17(18(11-13)25-2)27-20(24)14-5-7-16(21)8-6-14/h4-11H,3H2,1-2H3/b15-10+. The maximum absolute atomic E-state index is 12.2. The Morgan fingerprint density at radius 1 is 1.15 bits per heavy atom. The van der Waals surface area contributed by atoms with E-state index in [2.05, 4.69) is 0 Å². The number of carbonyl (C=O) groups is 2. The first-order chi connectivity index (χ1) is 13.0. The van der Waals surface area contributed by atoms with Crippen molar-refractivity contribution in [1.29, 1.82) is 5.26 Å². The van der Waals surface area contributed by atoms with E-state index in [0.29, 0.717) is 16.1 Å². The maximum atomic E-state index is 12.2. The molecule has 0 radical (unpaired) electrons. The van der Waals surface area contributed by atoms with Gasteiger partial charge in [-0.15, -0.1) is 0 Å². The lowest BCUT2D eigenvalue weighted by Crippen LogP contribution is -2.09. The second-order valence-corrected chi connectivity index (χ2v) is 5.63. The van der Waals surface area contributed by atoms with Gasteiger partial charge < -0.3 is 14.2 Å². The molecule has 0 saturated carbocycles. The highest BCUT2D eigenvalue weighted by molar-refractivity contribution is 6.30. The molecule has 6 nitrogen and oxygen atoms in total. The SMILES string of the molecule is CCOC(=O)/C(C#N)=C/c1ccc(OC(=O)c2ccc(Cl)cc2)c(OC)c1. The highest BCUT2D eigenvalue weighted by Crippen LogP contribution is 2.30. The van der Waals surface area contributed by atoms with Crippen LogP contribution in [-0.2, 0) is 9.53 Å². The molecular formula is C20H16ClNO5. The van der Waals surface area contributed by atoms with Gasteiger partial charge in [0, 0.05) is 5.02 Å². The van der Waals surface area contributed by atoms with Gasteiger partial charge in [0.05, 0.1) is 19.3 Å². The Bertz CT molecular complexity index is 913. The first kappa shape index (κ1) is 20.0. The van der Waals surface area contributed by atoms with Gasteiger partial charge in [0.25, 0.3) is 0 Å². The van der Waals surface area contributed by atoms with Crippen LogP contribution in [0, 0.1) is 11.3 Å². The number of halogens is 1. The molecular weight excluding hydrogens is 370 g/mol. The van der Waals surface area contributed by atoms with Crippen molar-refractivity contribution in [1.82, 2.24) is 0 Å². The molecule has 0 aliphatic rings. The summed E-state index contributed by atoms with van der Waals surface area (Å²) in [6.07, 6.45) is 1.37. The molecule has 7 heteroatoms. The minimum absolute atomic E-state index is 0.148. The highest BCUT2D eigenvalue weighted by atomic mass is 35.5. The van der Waals surface area contributed by atoms with E-state index in [1.807, 2.05) is 0 Å². The number of rotatable bonds is 6. The van der Waals surface area contributed by atoms with E-state index in [1.165, 1.54) is 19.3 Å². The van der Waals surface area contributed by atoms with Gasteiger partial charge in [-0.25, -0.2) is 9.59 Å². The molecule has 0 atom stereocenters. The fourth-order valence-electron chi connectivity index (χ4n) is 2.12. The summed E-state index contributed by atoms with van der Waals surface area (Å²) in [5, 5.41) is 9.61. The molecule has 0 unspecified atom stereocenters. The number of nitriles is 1. The molecule has 27 heavy (non-hydrogen) atoms. The quantitative estimate of drug-likeness (QED) is 0.323. The van der Waals surface area contributed by atoms with E-state index >= 15 is 0 Å². The summed E-state index contributed by atoms with van der Waals surface area (Å²) in [4.78, 5) is 23.9. The molecule has 0 aliphatic heterocycles. The average Bonchev–Trinajstić information content (AvgIpc) is 2.67. The van der Waals surface area contributed by atoms with Crippen molar-refractivity contribution in [3.05, 3.63) is 64.2 Å². The third-order valence-corrected chi connectivity index (χ3v) is 3.65. The molecule has 0 N–H and O–H groups in total. The first-order valence-electron chi connectivity index (χ1n) is 7.93. The zero-order valence-electron chi connectivity index (χ0n) is 14.7. The van der Waals surface area contributed by atoms with Crippen LogP contribution in [0.5, 0.6) is 11.5 Å². The van der Waals surface area contributed by atoms with E-state index in [0.717, 1.165) is 0 Å². The topological polar surface area (TPSA) is 85.6 Å². The molecule has 0 saturated heterocycles. The van der Waals surface area contributed by atoms with Crippen LogP contribution >= 0.6 is 11.6 Å². The lowest BCUT2D eigenvalue weighted by molar-refractivity contribution is -0.137. The molecule has 2 aromatic carbocycles. The van der Waals surface area contributed by atoms with Crippen LogP contribution in [0.1, 0.15) is 22.8 Å². The van der Waals surface area contributed by atoms with Gasteiger partial charge in [-0.05, 0) is 55.0 Å². The lowest BCUT2D eigenvalue weighted by atomic mass is 10.1. The number of benzene rings is 2. The lowest BCUT2D eigenvalue weighted by Gasteiger charge is -2.10. The number of hydrogen-bond acceptors (Lipinski definition) is 6. The van der Waals surface area contributed by atoms with Crippen LogP contribution in [0.15, 0.2) is 48.0 Å². The normalized spacial score (nSPS) is 10.7. The monoisotopic (exact) mass is 385 g/mol. The van der Waals surface area contributed by atoms with Crippen LogP contribution in [-0.4, -0.2) is 25.7 Å². The number of methoxy groups -OCH3 is 1. The van der Waals surface area contributed by atoms with Crippen molar-refractivity contribution in [2.24, 2.45) is 0 Å². The molecule has 0 heterocycles. The van der Waals surface area contributed by atoms with Crippen molar-refractivity contribution in [2.75, 3.05) is 13.7 Å². The summed E-state index contributed by atoms with van der Waals surface area (Å²) < 4.78 is 15.4. The summed E-state index contributed by atoms with van der Waals surface area (Å²) in [5.41, 5.74) is 0.701. The van der Waals surface area contributed by atoms with E-state index < -0.39 is 11.9 Å². The Balaban J connectivity index is 2.25. The minimum Gasteiger partial charge on any atom is -0.493 e. The minimum atomic E-state index is -0.711. The van der Waals surface area contributed by atoms with Crippen LogP contribution in [0.2, 0.25) is 5.02 Å². The van der Waals surface area contributed by atoms with Crippen molar-refractivity contribution < 1.29 is 23.8 Å². The zero-order chi connectivity index (χ0) is 19.8. The van der Waals surface area contributed by atoms with E-state index in [-0.39, 0.29) is 23.7 Å². The number of carbonyl (C=O) groups excluding carboxylic acids is 2. The molecule has 138 valence electrons. The van der Waals surface area contributed by atoms with E-state index in [1.54, 1.807) is 49.4 Å². The van der Waals surface area contributed by atoms with E-state index in [4.69, 9.17) is 31.1 Å². The van der Waals surface area contributed by atoms with Crippen LogP contribution in [0.3, 0.4) is 0 Å². The maximum Gasteiger partial charge on any atom is 0.348 e. The Morgan fingerprint density at radius 3 is 2.44 bits per heavy atom. The molecule has 0 aliphatic carbocycles. The summed E-state index contributed by atoms with van der Waals surface area (Å²) in [5.74, 6) is -0.814. The Hall–Kier alpha value is -3.30. The number of esters is 2. The molecule has 0 spiro atoms. The Labute approximate surface area is 161 Å². The van der Waals surface area contributed by atoms with Gasteiger partial charge >= 0.3 is 11.9 Å². The zero-order valence-corrected chi connectivity index (χ0v) is 15.4. The molecule has 0 amide bonds. The average molecular weight is 386 g/mol. The van der Waals surface area contributed by atoms with Gasteiger partial charge in [-0.2, -0.15) is 5.26 Å². The second kappa shape index (κ2) is 9.41. The first-order valence-corrected chi connectivity index (χ1v) is 8.31. The third kappa shape index (κ3) is 5.33. The molecule has 0 aromatic heterocycles. The van der Waals surface area contributed by atoms with Crippen LogP contribution in [0.25, 0.3) is 6.08 Å². The summed E-state index contributed by atoms with van der Waals surface area (Å²) in [6, 6.07) is 12.7. The predicted octanol–water partition coefficient (Wildman–Crippen LogP) is 4.04. The second-order valence-electron chi connectivity index (χ2n) is 5.20. The fraction of sp³-hybridized carbons (Fsp3) is 0.150. The smallest absolute Gasteiger partial charge is 0.348 e. The fourth-order valence-corrected chi connectivity index (χ4v) is 2.24. The van der Waals surface area contributed by atoms with Crippen molar-refractivity contribution in [2.45, 2.75) is 6.92 Å². The highest BCUT2D eigenvalue weighted by Gasteiger charge is 2.14.